The molecule has 0 N–H and O–H groups in total. The lowest BCUT2D eigenvalue weighted by molar-refractivity contribution is 0.0804. The molecule has 1 aliphatic heterocycles. The van der Waals surface area contributed by atoms with Gasteiger partial charge in [-0.3, -0.25) is 4.79 Å². The van der Waals surface area contributed by atoms with Crippen LogP contribution < -0.4 is 4.74 Å². The SMILES string of the molecule is CN1CCCc2nc(COc3ccccc3)sc2C1=O. The first-order valence-electron chi connectivity index (χ1n) is 6.66. The van der Waals surface area contributed by atoms with Crippen LogP contribution in [0.2, 0.25) is 0 Å². The number of nitrogens with zero attached hydrogens (tertiary/aromatic N) is 2. The normalized spacial score (nSPS) is 14.8. The second kappa shape index (κ2) is 5.63. The van der Waals surface area contributed by atoms with Crippen LogP contribution in [0.25, 0.3) is 0 Å². The fourth-order valence-electron chi connectivity index (χ4n) is 2.22. The van der Waals surface area contributed by atoms with Crippen LogP contribution >= 0.6 is 11.3 Å². The van der Waals surface area contributed by atoms with E-state index in [-0.39, 0.29) is 5.91 Å². The van der Waals surface area contributed by atoms with E-state index in [0.29, 0.717) is 6.61 Å². The largest absolute Gasteiger partial charge is 0.486 e. The van der Waals surface area contributed by atoms with E-state index in [4.69, 9.17) is 4.74 Å². The van der Waals surface area contributed by atoms with Gasteiger partial charge in [0, 0.05) is 13.6 Å². The van der Waals surface area contributed by atoms with Crippen LogP contribution in [0.5, 0.6) is 5.75 Å². The molecule has 0 radical (unpaired) electrons. The number of aromatic nitrogens is 1. The molecule has 0 aliphatic carbocycles. The Labute approximate surface area is 122 Å². The van der Waals surface area contributed by atoms with Crippen LogP contribution in [0.4, 0.5) is 0 Å². The monoisotopic (exact) mass is 288 g/mol. The number of carbonyl (C=O) groups is 1. The van der Waals surface area contributed by atoms with Gasteiger partial charge < -0.3 is 9.64 Å². The molecule has 3 rings (SSSR count). The summed E-state index contributed by atoms with van der Waals surface area (Å²) in [6.45, 7) is 1.22. The van der Waals surface area contributed by atoms with E-state index < -0.39 is 0 Å². The zero-order chi connectivity index (χ0) is 13.9. The van der Waals surface area contributed by atoms with E-state index >= 15 is 0 Å². The van der Waals surface area contributed by atoms with E-state index in [2.05, 4.69) is 4.98 Å². The van der Waals surface area contributed by atoms with E-state index in [1.165, 1.54) is 11.3 Å². The Morgan fingerprint density at radius 3 is 2.95 bits per heavy atom. The average Bonchev–Trinajstić information content (AvgIpc) is 2.83. The van der Waals surface area contributed by atoms with Gasteiger partial charge in [0.2, 0.25) is 0 Å². The minimum Gasteiger partial charge on any atom is -0.486 e. The molecule has 20 heavy (non-hydrogen) atoms. The predicted octanol–water partition coefficient (Wildman–Crippen LogP) is 2.74. The number of thiazole rings is 1. The number of fused-ring (bicyclic) bond motifs is 1. The van der Waals surface area contributed by atoms with Gasteiger partial charge in [0.25, 0.3) is 5.91 Å². The molecule has 4 nitrogen and oxygen atoms in total. The summed E-state index contributed by atoms with van der Waals surface area (Å²) < 4.78 is 5.69. The van der Waals surface area contributed by atoms with Crippen molar-refractivity contribution in [2.75, 3.05) is 13.6 Å². The molecule has 0 saturated carbocycles. The van der Waals surface area contributed by atoms with E-state index in [0.717, 1.165) is 40.7 Å². The van der Waals surface area contributed by atoms with Crippen molar-refractivity contribution in [1.29, 1.82) is 0 Å². The van der Waals surface area contributed by atoms with Gasteiger partial charge in [0.1, 0.15) is 22.2 Å². The third-order valence-electron chi connectivity index (χ3n) is 3.30. The first-order valence-corrected chi connectivity index (χ1v) is 7.47. The molecule has 1 amide bonds. The second-order valence-corrected chi connectivity index (χ2v) is 5.90. The molecule has 5 heteroatoms. The maximum Gasteiger partial charge on any atom is 0.265 e. The van der Waals surface area contributed by atoms with Crippen molar-refractivity contribution < 1.29 is 9.53 Å². The summed E-state index contributed by atoms with van der Waals surface area (Å²) in [5, 5.41) is 0.863. The number of aryl methyl sites for hydroxylation is 1. The van der Waals surface area contributed by atoms with Crippen molar-refractivity contribution in [2.45, 2.75) is 19.4 Å². The van der Waals surface area contributed by atoms with Crippen LogP contribution in [0.15, 0.2) is 30.3 Å². The third kappa shape index (κ3) is 2.67. The molecular weight excluding hydrogens is 272 g/mol. The standard InChI is InChI=1S/C15H16N2O2S/c1-17-9-5-8-12-14(15(17)18)20-13(16-12)10-19-11-6-3-2-4-7-11/h2-4,6-7H,5,8-10H2,1H3. The van der Waals surface area contributed by atoms with Crippen LogP contribution in [0.1, 0.15) is 26.8 Å². The Hall–Kier alpha value is -1.88. The summed E-state index contributed by atoms with van der Waals surface area (Å²) >= 11 is 1.45. The lowest BCUT2D eigenvalue weighted by atomic mass is 10.2. The first kappa shape index (κ1) is 13.1. The summed E-state index contributed by atoms with van der Waals surface area (Å²) in [6, 6.07) is 9.65. The van der Waals surface area contributed by atoms with E-state index in [1.807, 2.05) is 37.4 Å². The minimum absolute atomic E-state index is 0.0842. The first-order chi connectivity index (χ1) is 9.74. The molecule has 1 aromatic carbocycles. The smallest absolute Gasteiger partial charge is 0.265 e. The Morgan fingerprint density at radius 1 is 1.35 bits per heavy atom. The predicted molar refractivity (Wildman–Crippen MR) is 78.2 cm³/mol. The molecule has 1 aromatic heterocycles. The van der Waals surface area contributed by atoms with Crippen LogP contribution in [-0.2, 0) is 13.0 Å². The molecule has 0 fully saturated rings. The van der Waals surface area contributed by atoms with Crippen molar-refractivity contribution >= 4 is 17.2 Å². The molecule has 1 aliphatic rings. The molecule has 2 aromatic rings. The molecule has 0 bridgehead atoms. The number of rotatable bonds is 3. The molecule has 0 atom stereocenters. The molecule has 2 heterocycles. The van der Waals surface area contributed by atoms with Crippen molar-refractivity contribution in [3.63, 3.8) is 0 Å². The van der Waals surface area contributed by atoms with Gasteiger partial charge in [-0.05, 0) is 25.0 Å². The maximum atomic E-state index is 12.2. The zero-order valence-corrected chi connectivity index (χ0v) is 12.2. The lowest BCUT2D eigenvalue weighted by Crippen LogP contribution is -2.25. The van der Waals surface area contributed by atoms with Gasteiger partial charge >= 0.3 is 0 Å². The van der Waals surface area contributed by atoms with Gasteiger partial charge in [-0.2, -0.15) is 0 Å². The molecule has 0 saturated heterocycles. The Morgan fingerprint density at radius 2 is 2.15 bits per heavy atom. The maximum absolute atomic E-state index is 12.2. The number of hydrogen-bond acceptors (Lipinski definition) is 4. The third-order valence-corrected chi connectivity index (χ3v) is 4.35. The van der Waals surface area contributed by atoms with Gasteiger partial charge in [0.15, 0.2) is 0 Å². The number of carbonyl (C=O) groups excluding carboxylic acids is 1. The van der Waals surface area contributed by atoms with Gasteiger partial charge in [-0.1, -0.05) is 18.2 Å². The molecule has 0 unspecified atom stereocenters. The van der Waals surface area contributed by atoms with Crippen molar-refractivity contribution in [1.82, 2.24) is 9.88 Å². The fraction of sp³-hybridized carbons (Fsp3) is 0.333. The summed E-state index contributed by atoms with van der Waals surface area (Å²) in [5.74, 6) is 0.905. The van der Waals surface area contributed by atoms with Crippen molar-refractivity contribution in [3.8, 4) is 5.75 Å². The highest BCUT2D eigenvalue weighted by Gasteiger charge is 2.24. The number of ether oxygens (including phenoxy) is 1. The minimum atomic E-state index is 0.0842. The number of para-hydroxylation sites is 1. The van der Waals surface area contributed by atoms with Crippen LogP contribution in [0, 0.1) is 0 Å². The van der Waals surface area contributed by atoms with E-state index in [9.17, 15) is 4.79 Å². The summed E-state index contributed by atoms with van der Waals surface area (Å²) in [4.78, 5) is 19.3. The van der Waals surface area contributed by atoms with Crippen molar-refractivity contribution in [3.05, 3.63) is 45.9 Å². The lowest BCUT2D eigenvalue weighted by Gasteiger charge is -2.12. The summed E-state index contributed by atoms with van der Waals surface area (Å²) in [6.07, 6.45) is 1.84. The Bertz CT molecular complexity index is 610. The molecule has 104 valence electrons. The number of amides is 1. The highest BCUT2D eigenvalue weighted by atomic mass is 32.1. The Balaban J connectivity index is 1.75. The zero-order valence-electron chi connectivity index (χ0n) is 11.3. The second-order valence-electron chi connectivity index (χ2n) is 4.82. The summed E-state index contributed by atoms with van der Waals surface area (Å²) in [7, 11) is 1.84. The Kier molecular flexibility index (Phi) is 3.69. The topological polar surface area (TPSA) is 42.4 Å². The number of benzene rings is 1. The summed E-state index contributed by atoms with van der Waals surface area (Å²) in [5.41, 5.74) is 0.927. The van der Waals surface area contributed by atoms with Gasteiger partial charge in [-0.25, -0.2) is 4.98 Å². The molecular formula is C15H16N2O2S. The average molecular weight is 288 g/mol. The van der Waals surface area contributed by atoms with E-state index in [1.54, 1.807) is 4.90 Å². The van der Waals surface area contributed by atoms with Gasteiger partial charge in [-0.15, -0.1) is 11.3 Å². The highest BCUT2D eigenvalue weighted by Crippen LogP contribution is 2.25. The van der Waals surface area contributed by atoms with Crippen LogP contribution in [-0.4, -0.2) is 29.4 Å². The van der Waals surface area contributed by atoms with Crippen molar-refractivity contribution in [2.24, 2.45) is 0 Å². The molecule has 0 spiro atoms. The quantitative estimate of drug-likeness (QED) is 0.872. The fourth-order valence-corrected chi connectivity index (χ4v) is 3.24. The highest BCUT2D eigenvalue weighted by molar-refractivity contribution is 7.13. The number of hydrogen-bond donors (Lipinski definition) is 0. The van der Waals surface area contributed by atoms with Crippen LogP contribution in [0.3, 0.4) is 0 Å². The van der Waals surface area contributed by atoms with Gasteiger partial charge in [0.05, 0.1) is 5.69 Å².